The minimum Gasteiger partial charge on any atom is -0.436 e. The highest BCUT2D eigenvalue weighted by atomic mass is 19.1. The zero-order valence-electron chi connectivity index (χ0n) is 9.30. The van der Waals surface area contributed by atoms with Crippen LogP contribution in [0.15, 0.2) is 42.6 Å². The number of hydrogen-bond acceptors (Lipinski definition) is 3. The van der Waals surface area contributed by atoms with E-state index in [1.54, 1.807) is 31.2 Å². The Bertz CT molecular complexity index is 514. The second kappa shape index (κ2) is 4.93. The van der Waals surface area contributed by atoms with Gasteiger partial charge in [-0.15, -0.1) is 0 Å². The smallest absolute Gasteiger partial charge is 0.219 e. The van der Waals surface area contributed by atoms with Gasteiger partial charge in [0, 0.05) is 12.3 Å². The Morgan fingerprint density at radius 1 is 1.29 bits per heavy atom. The number of aliphatic hydroxyl groups is 1. The van der Waals surface area contributed by atoms with Crippen LogP contribution in [-0.2, 0) is 0 Å². The molecule has 0 saturated carbocycles. The molecule has 0 radical (unpaired) electrons. The number of pyridine rings is 1. The number of benzene rings is 1. The molecule has 2 aromatic rings. The van der Waals surface area contributed by atoms with Crippen molar-refractivity contribution in [2.45, 2.75) is 13.0 Å². The molecule has 1 aromatic heterocycles. The highest BCUT2D eigenvalue weighted by molar-refractivity contribution is 5.30. The van der Waals surface area contributed by atoms with Gasteiger partial charge in [0.1, 0.15) is 0 Å². The van der Waals surface area contributed by atoms with Crippen LogP contribution < -0.4 is 4.74 Å². The standard InChI is InChI=1S/C13H12FNO2/c1-9(16)10-6-7-15-13(8-10)17-12-5-3-2-4-11(12)14/h2-9,16H,1H3/t9-/m0/s1. The molecule has 1 N–H and O–H groups in total. The fraction of sp³-hybridized carbons (Fsp3) is 0.154. The fourth-order valence-electron chi connectivity index (χ4n) is 1.38. The summed E-state index contributed by atoms with van der Waals surface area (Å²) < 4.78 is 18.6. The van der Waals surface area contributed by atoms with E-state index < -0.39 is 11.9 Å². The van der Waals surface area contributed by atoms with E-state index in [0.717, 1.165) is 0 Å². The lowest BCUT2D eigenvalue weighted by Gasteiger charge is -2.08. The minimum atomic E-state index is -0.610. The van der Waals surface area contributed by atoms with Crippen molar-refractivity contribution in [1.82, 2.24) is 4.98 Å². The second-order valence-corrected chi connectivity index (χ2v) is 3.64. The first-order chi connectivity index (χ1) is 8.16. The van der Waals surface area contributed by atoms with Crippen molar-refractivity contribution in [1.29, 1.82) is 0 Å². The molecule has 0 fully saturated rings. The van der Waals surface area contributed by atoms with Gasteiger partial charge in [0.05, 0.1) is 6.10 Å². The van der Waals surface area contributed by atoms with Gasteiger partial charge in [-0.25, -0.2) is 9.37 Å². The molecule has 1 aromatic carbocycles. The van der Waals surface area contributed by atoms with Gasteiger partial charge < -0.3 is 9.84 Å². The van der Waals surface area contributed by atoms with Crippen molar-refractivity contribution in [3.8, 4) is 11.6 Å². The maximum atomic E-state index is 13.3. The topological polar surface area (TPSA) is 42.4 Å². The second-order valence-electron chi connectivity index (χ2n) is 3.64. The Morgan fingerprint density at radius 3 is 2.76 bits per heavy atom. The average molecular weight is 233 g/mol. The fourth-order valence-corrected chi connectivity index (χ4v) is 1.38. The van der Waals surface area contributed by atoms with Crippen LogP contribution >= 0.6 is 0 Å². The van der Waals surface area contributed by atoms with E-state index in [9.17, 15) is 9.50 Å². The van der Waals surface area contributed by atoms with Crippen LogP contribution in [0.4, 0.5) is 4.39 Å². The van der Waals surface area contributed by atoms with Crippen LogP contribution in [0.5, 0.6) is 11.6 Å². The van der Waals surface area contributed by atoms with Gasteiger partial charge in [0.25, 0.3) is 0 Å². The van der Waals surface area contributed by atoms with Gasteiger partial charge in [-0.05, 0) is 30.7 Å². The molecule has 2 rings (SSSR count). The molecular formula is C13H12FNO2. The van der Waals surface area contributed by atoms with Crippen molar-refractivity contribution in [2.24, 2.45) is 0 Å². The van der Waals surface area contributed by atoms with Crippen LogP contribution in [0.2, 0.25) is 0 Å². The van der Waals surface area contributed by atoms with Gasteiger partial charge in [-0.1, -0.05) is 12.1 Å². The first-order valence-corrected chi connectivity index (χ1v) is 5.23. The third kappa shape index (κ3) is 2.79. The normalized spacial score (nSPS) is 12.2. The van der Waals surface area contributed by atoms with Gasteiger partial charge in [-0.2, -0.15) is 0 Å². The molecule has 0 saturated heterocycles. The third-order valence-corrected chi connectivity index (χ3v) is 2.29. The van der Waals surface area contributed by atoms with Crippen LogP contribution in [-0.4, -0.2) is 10.1 Å². The number of hydrogen-bond donors (Lipinski definition) is 1. The lowest BCUT2D eigenvalue weighted by molar-refractivity contribution is 0.198. The highest BCUT2D eigenvalue weighted by Gasteiger charge is 2.07. The van der Waals surface area contributed by atoms with Crippen LogP contribution in [0.1, 0.15) is 18.6 Å². The van der Waals surface area contributed by atoms with Crippen molar-refractivity contribution >= 4 is 0 Å². The van der Waals surface area contributed by atoms with Gasteiger partial charge in [-0.3, -0.25) is 0 Å². The van der Waals surface area contributed by atoms with Gasteiger partial charge in [0.15, 0.2) is 11.6 Å². The van der Waals surface area contributed by atoms with Crippen LogP contribution in [0.3, 0.4) is 0 Å². The van der Waals surface area contributed by atoms with E-state index in [1.807, 2.05) is 0 Å². The summed E-state index contributed by atoms with van der Waals surface area (Å²) in [5.74, 6) is -0.0759. The number of para-hydroxylation sites is 1. The summed E-state index contributed by atoms with van der Waals surface area (Å²) >= 11 is 0. The third-order valence-electron chi connectivity index (χ3n) is 2.29. The summed E-state index contributed by atoms with van der Waals surface area (Å²) in [7, 11) is 0. The quantitative estimate of drug-likeness (QED) is 0.885. The number of ether oxygens (including phenoxy) is 1. The van der Waals surface area contributed by atoms with E-state index in [-0.39, 0.29) is 11.6 Å². The maximum Gasteiger partial charge on any atom is 0.219 e. The van der Waals surface area contributed by atoms with Crippen molar-refractivity contribution in [3.05, 3.63) is 54.0 Å². The van der Waals surface area contributed by atoms with E-state index >= 15 is 0 Å². The van der Waals surface area contributed by atoms with Crippen molar-refractivity contribution < 1.29 is 14.2 Å². The molecule has 1 heterocycles. The highest BCUT2D eigenvalue weighted by Crippen LogP contribution is 2.24. The number of rotatable bonds is 3. The predicted octanol–water partition coefficient (Wildman–Crippen LogP) is 3.07. The Kier molecular flexibility index (Phi) is 3.35. The average Bonchev–Trinajstić information content (AvgIpc) is 2.32. The number of aliphatic hydroxyl groups excluding tert-OH is 1. The Hall–Kier alpha value is -1.94. The first-order valence-electron chi connectivity index (χ1n) is 5.23. The molecule has 0 spiro atoms. The molecule has 88 valence electrons. The van der Waals surface area contributed by atoms with E-state index in [2.05, 4.69) is 4.98 Å². The summed E-state index contributed by atoms with van der Waals surface area (Å²) in [6.45, 7) is 1.64. The molecular weight excluding hydrogens is 221 g/mol. The Morgan fingerprint density at radius 2 is 2.06 bits per heavy atom. The van der Waals surface area contributed by atoms with E-state index in [4.69, 9.17) is 4.74 Å². The maximum absolute atomic E-state index is 13.3. The lowest BCUT2D eigenvalue weighted by atomic mass is 10.2. The largest absolute Gasteiger partial charge is 0.436 e. The summed E-state index contributed by atoms with van der Waals surface area (Å²) in [5.41, 5.74) is 0.673. The van der Waals surface area contributed by atoms with E-state index in [1.165, 1.54) is 18.3 Å². The predicted molar refractivity (Wildman–Crippen MR) is 61.3 cm³/mol. The number of aromatic nitrogens is 1. The van der Waals surface area contributed by atoms with Crippen LogP contribution in [0.25, 0.3) is 0 Å². The molecule has 0 bridgehead atoms. The molecule has 0 unspecified atom stereocenters. The number of halogens is 1. The van der Waals surface area contributed by atoms with Crippen LogP contribution in [0, 0.1) is 5.82 Å². The first kappa shape index (κ1) is 11.5. The monoisotopic (exact) mass is 233 g/mol. The molecule has 17 heavy (non-hydrogen) atoms. The summed E-state index contributed by atoms with van der Waals surface area (Å²) in [4.78, 5) is 3.96. The van der Waals surface area contributed by atoms with Gasteiger partial charge >= 0.3 is 0 Å². The van der Waals surface area contributed by atoms with Crippen molar-refractivity contribution in [2.75, 3.05) is 0 Å². The lowest BCUT2D eigenvalue weighted by Crippen LogP contribution is -1.95. The Labute approximate surface area is 98.5 Å². The minimum absolute atomic E-state index is 0.114. The SMILES string of the molecule is C[C@H](O)c1ccnc(Oc2ccccc2F)c1. The van der Waals surface area contributed by atoms with Gasteiger partial charge in [0.2, 0.25) is 5.88 Å². The molecule has 1 atom stereocenters. The Balaban J connectivity index is 2.25. The number of nitrogens with zero attached hydrogens (tertiary/aromatic N) is 1. The molecule has 0 aliphatic heterocycles. The molecule has 3 nitrogen and oxygen atoms in total. The molecule has 4 heteroatoms. The zero-order valence-corrected chi connectivity index (χ0v) is 9.30. The molecule has 0 amide bonds. The zero-order chi connectivity index (χ0) is 12.3. The summed E-state index contributed by atoms with van der Waals surface area (Å²) in [6, 6.07) is 9.36. The summed E-state index contributed by atoms with van der Waals surface area (Å²) in [6.07, 6.45) is 0.902. The van der Waals surface area contributed by atoms with Crippen molar-refractivity contribution in [3.63, 3.8) is 0 Å². The molecule has 0 aliphatic rings. The van der Waals surface area contributed by atoms with E-state index in [0.29, 0.717) is 5.56 Å². The summed E-state index contributed by atoms with van der Waals surface area (Å²) in [5, 5.41) is 9.41. The molecule has 0 aliphatic carbocycles.